The molecule has 5 heteroatoms. The van der Waals surface area contributed by atoms with Crippen LogP contribution in [0.3, 0.4) is 0 Å². The summed E-state index contributed by atoms with van der Waals surface area (Å²) in [6, 6.07) is 5.14. The number of aromatic hydroxyl groups is 1. The van der Waals surface area contributed by atoms with Crippen LogP contribution in [0.1, 0.15) is 5.56 Å². The van der Waals surface area contributed by atoms with Crippen molar-refractivity contribution in [1.82, 2.24) is 9.97 Å². The fraction of sp³-hybridized carbons (Fsp3) is 0. The zero-order valence-electron chi connectivity index (χ0n) is 6.90. The molecule has 1 aromatic heterocycles. The van der Waals surface area contributed by atoms with Gasteiger partial charge in [0, 0.05) is 0 Å². The normalized spacial score (nSPS) is 10.0. The van der Waals surface area contributed by atoms with Crippen molar-refractivity contribution in [3.05, 3.63) is 28.9 Å². The Morgan fingerprint density at radius 2 is 2.21 bits per heavy atom. The Kier molecular flexibility index (Phi) is 1.95. The smallest absolute Gasteiger partial charge is 0.230 e. The predicted octanol–water partition coefficient (Wildman–Crippen LogP) is 1.86. The molecule has 0 radical (unpaired) electrons. The van der Waals surface area contributed by atoms with E-state index in [9.17, 15) is 0 Å². The van der Waals surface area contributed by atoms with Gasteiger partial charge >= 0.3 is 0 Å². The molecule has 0 aliphatic heterocycles. The van der Waals surface area contributed by atoms with E-state index in [1.165, 1.54) is 6.20 Å². The van der Waals surface area contributed by atoms with Gasteiger partial charge in [-0.15, -0.1) is 0 Å². The molecule has 1 heterocycles. The summed E-state index contributed by atoms with van der Waals surface area (Å²) in [5.74, 6) is -0.226. The van der Waals surface area contributed by atoms with Gasteiger partial charge in [-0.1, -0.05) is 11.6 Å². The van der Waals surface area contributed by atoms with Gasteiger partial charge in [-0.05, 0) is 12.1 Å². The van der Waals surface area contributed by atoms with Gasteiger partial charge in [-0.3, -0.25) is 0 Å². The Bertz CT molecular complexity index is 542. The lowest BCUT2D eigenvalue weighted by Gasteiger charge is -2.00. The predicted molar refractivity (Wildman–Crippen MR) is 50.9 cm³/mol. The van der Waals surface area contributed by atoms with E-state index in [4.69, 9.17) is 22.0 Å². The van der Waals surface area contributed by atoms with Crippen LogP contribution >= 0.6 is 11.6 Å². The Balaban J connectivity index is 2.93. The van der Waals surface area contributed by atoms with Gasteiger partial charge < -0.3 is 5.11 Å². The number of rotatable bonds is 0. The number of benzene rings is 1. The molecule has 14 heavy (non-hydrogen) atoms. The molecule has 0 bridgehead atoms. The molecule has 4 nitrogen and oxygen atoms in total. The van der Waals surface area contributed by atoms with Crippen molar-refractivity contribution in [2.75, 3.05) is 0 Å². The highest BCUT2D eigenvalue weighted by atomic mass is 35.5. The minimum absolute atomic E-state index is 0.226. The SMILES string of the molecule is N#Cc1c(Cl)ccc2ncc(O)nc12. The van der Waals surface area contributed by atoms with Crippen LogP contribution in [0.15, 0.2) is 18.3 Å². The number of nitrogens with zero attached hydrogens (tertiary/aromatic N) is 3. The van der Waals surface area contributed by atoms with E-state index in [1.54, 1.807) is 12.1 Å². The molecule has 1 N–H and O–H groups in total. The van der Waals surface area contributed by atoms with Gasteiger partial charge in [0.05, 0.1) is 22.3 Å². The average Bonchev–Trinajstić information content (AvgIpc) is 2.17. The fourth-order valence-corrected chi connectivity index (χ4v) is 1.34. The van der Waals surface area contributed by atoms with E-state index in [-0.39, 0.29) is 11.4 Å². The number of hydrogen-bond donors (Lipinski definition) is 1. The van der Waals surface area contributed by atoms with Gasteiger partial charge in [0.2, 0.25) is 5.88 Å². The van der Waals surface area contributed by atoms with Crippen LogP contribution < -0.4 is 0 Å². The number of hydrogen-bond acceptors (Lipinski definition) is 4. The quantitative estimate of drug-likeness (QED) is 0.713. The van der Waals surface area contributed by atoms with Gasteiger partial charge in [-0.25, -0.2) is 9.97 Å². The van der Waals surface area contributed by atoms with Gasteiger partial charge in [0.25, 0.3) is 0 Å². The zero-order valence-corrected chi connectivity index (χ0v) is 7.65. The Hall–Kier alpha value is -1.86. The minimum Gasteiger partial charge on any atom is -0.492 e. The molecule has 0 atom stereocenters. The van der Waals surface area contributed by atoms with E-state index >= 15 is 0 Å². The fourth-order valence-electron chi connectivity index (χ4n) is 1.15. The van der Waals surface area contributed by atoms with Crippen molar-refractivity contribution in [3.63, 3.8) is 0 Å². The summed E-state index contributed by atoms with van der Waals surface area (Å²) in [6.45, 7) is 0. The first kappa shape index (κ1) is 8.73. The van der Waals surface area contributed by atoms with Crippen LogP contribution in [0.5, 0.6) is 5.88 Å². The number of aromatic nitrogens is 2. The molecule has 68 valence electrons. The molecule has 0 spiro atoms. The third kappa shape index (κ3) is 1.24. The van der Waals surface area contributed by atoms with Crippen molar-refractivity contribution in [2.24, 2.45) is 0 Å². The van der Waals surface area contributed by atoms with Crippen molar-refractivity contribution in [3.8, 4) is 11.9 Å². The van der Waals surface area contributed by atoms with Crippen LogP contribution in [-0.2, 0) is 0 Å². The molecule has 0 saturated carbocycles. The lowest BCUT2D eigenvalue weighted by atomic mass is 10.2. The van der Waals surface area contributed by atoms with Crippen molar-refractivity contribution < 1.29 is 5.11 Å². The van der Waals surface area contributed by atoms with Crippen LogP contribution in [0.2, 0.25) is 5.02 Å². The van der Waals surface area contributed by atoms with E-state index in [0.717, 1.165) is 0 Å². The number of halogens is 1. The molecule has 2 aromatic rings. The highest BCUT2D eigenvalue weighted by Crippen LogP contribution is 2.23. The third-order valence-corrected chi connectivity index (χ3v) is 2.08. The molecule has 0 aliphatic carbocycles. The second-order valence-corrected chi connectivity index (χ2v) is 3.04. The molecular weight excluding hydrogens is 202 g/mol. The first-order valence-corrected chi connectivity index (χ1v) is 4.14. The summed E-state index contributed by atoms with van der Waals surface area (Å²) in [5.41, 5.74) is 1.08. The summed E-state index contributed by atoms with van der Waals surface area (Å²) in [5, 5.41) is 18.2. The maximum Gasteiger partial charge on any atom is 0.230 e. The zero-order chi connectivity index (χ0) is 10.1. The summed E-state index contributed by atoms with van der Waals surface area (Å²) in [7, 11) is 0. The van der Waals surface area contributed by atoms with Crippen LogP contribution in [0, 0.1) is 11.3 Å². The van der Waals surface area contributed by atoms with Gasteiger partial charge in [0.1, 0.15) is 11.6 Å². The van der Waals surface area contributed by atoms with Gasteiger partial charge in [-0.2, -0.15) is 5.26 Å². The second kappa shape index (κ2) is 3.13. The molecule has 0 saturated heterocycles. The Morgan fingerprint density at radius 3 is 2.93 bits per heavy atom. The Labute approximate surface area is 84.4 Å². The molecule has 0 fully saturated rings. The highest BCUT2D eigenvalue weighted by molar-refractivity contribution is 6.32. The molecule has 1 aromatic carbocycles. The maximum atomic E-state index is 9.11. The van der Waals surface area contributed by atoms with Crippen molar-refractivity contribution >= 4 is 22.6 Å². The largest absolute Gasteiger partial charge is 0.492 e. The third-order valence-electron chi connectivity index (χ3n) is 1.76. The first-order valence-electron chi connectivity index (χ1n) is 3.76. The van der Waals surface area contributed by atoms with Crippen molar-refractivity contribution in [2.45, 2.75) is 0 Å². The lowest BCUT2D eigenvalue weighted by Crippen LogP contribution is -1.88. The van der Waals surface area contributed by atoms with Crippen LogP contribution in [0.25, 0.3) is 11.0 Å². The Morgan fingerprint density at radius 1 is 1.43 bits per heavy atom. The van der Waals surface area contributed by atoms with E-state index in [1.807, 2.05) is 6.07 Å². The summed E-state index contributed by atoms with van der Waals surface area (Å²) in [4.78, 5) is 7.70. The van der Waals surface area contributed by atoms with E-state index < -0.39 is 0 Å². The van der Waals surface area contributed by atoms with E-state index in [2.05, 4.69) is 9.97 Å². The lowest BCUT2D eigenvalue weighted by molar-refractivity contribution is 0.453. The van der Waals surface area contributed by atoms with Crippen LogP contribution in [-0.4, -0.2) is 15.1 Å². The average molecular weight is 206 g/mol. The molecular formula is C9H4ClN3O. The topological polar surface area (TPSA) is 69.8 Å². The second-order valence-electron chi connectivity index (χ2n) is 2.63. The molecule has 0 unspecified atom stereocenters. The standard InChI is InChI=1S/C9H4ClN3O/c10-6-1-2-7-9(5(6)3-11)13-8(14)4-12-7/h1-2,4H,(H,13,14). The summed E-state index contributed by atoms with van der Waals surface area (Å²) >= 11 is 5.78. The highest BCUT2D eigenvalue weighted by Gasteiger charge is 2.08. The van der Waals surface area contributed by atoms with Gasteiger partial charge in [0.15, 0.2) is 0 Å². The van der Waals surface area contributed by atoms with Crippen LogP contribution in [0.4, 0.5) is 0 Å². The number of nitriles is 1. The maximum absolute atomic E-state index is 9.11. The molecule has 0 aliphatic rings. The minimum atomic E-state index is -0.226. The molecule has 2 rings (SSSR count). The summed E-state index contributed by atoms with van der Waals surface area (Å²) < 4.78 is 0. The first-order chi connectivity index (χ1) is 6.72. The van der Waals surface area contributed by atoms with Crippen molar-refractivity contribution in [1.29, 1.82) is 5.26 Å². The van der Waals surface area contributed by atoms with E-state index in [0.29, 0.717) is 16.1 Å². The monoisotopic (exact) mass is 205 g/mol. The summed E-state index contributed by atoms with van der Waals surface area (Å²) in [6.07, 6.45) is 1.22. The molecule has 0 amide bonds. The number of fused-ring (bicyclic) bond motifs is 1.